The van der Waals surface area contributed by atoms with Gasteiger partial charge in [-0.25, -0.2) is 0 Å². The van der Waals surface area contributed by atoms with Crippen molar-refractivity contribution in [3.63, 3.8) is 0 Å². The highest BCUT2D eigenvalue weighted by Crippen LogP contribution is 2.38. The fraction of sp³-hybridized carbons (Fsp3) is 0.250. The molecule has 0 spiro atoms. The van der Waals surface area contributed by atoms with Gasteiger partial charge in [-0.15, -0.1) is 0 Å². The first kappa shape index (κ1) is 20.2. The lowest BCUT2D eigenvalue weighted by Crippen LogP contribution is -3.00. The van der Waals surface area contributed by atoms with Crippen LogP contribution in [-0.2, 0) is 7.86 Å². The number of alkyl halides is 6. The minimum absolute atomic E-state index is 0. The Morgan fingerprint density at radius 3 is 1.00 bits per heavy atom. The fourth-order valence-electron chi connectivity index (χ4n) is 0.848. The van der Waals surface area contributed by atoms with Crippen molar-refractivity contribution < 1.29 is 65.5 Å². The molecule has 94 valence electrons. The number of benzene rings is 1. The minimum atomic E-state index is -3.02. The van der Waals surface area contributed by atoms with Crippen molar-refractivity contribution in [2.45, 2.75) is 7.86 Å². The Bertz CT molecular complexity index is 281. The summed E-state index contributed by atoms with van der Waals surface area (Å²) in [6, 6.07) is 4.03. The summed E-state index contributed by atoms with van der Waals surface area (Å²) in [5, 5.41) is 0. The highest BCUT2D eigenvalue weighted by Gasteiger charge is 2.30. The summed E-state index contributed by atoms with van der Waals surface area (Å²) in [6.07, 6.45) is 0. The second-order valence-corrected chi connectivity index (χ2v) is 5.28. The molecule has 0 nitrogen and oxygen atoms in total. The van der Waals surface area contributed by atoms with Gasteiger partial charge in [0.25, 0.3) is 0 Å². The van der Waals surface area contributed by atoms with Crippen LogP contribution >= 0.6 is 45.2 Å². The number of rotatable bonds is 2. The van der Waals surface area contributed by atoms with E-state index in [0.717, 1.165) is 69.4 Å². The smallest absolute Gasteiger partial charge is 0.321 e. The Morgan fingerprint density at radius 1 is 0.688 bits per heavy atom. The molecule has 1 rings (SSSR count). The van der Waals surface area contributed by atoms with E-state index in [1.54, 1.807) is 0 Å². The van der Waals surface area contributed by atoms with Crippen LogP contribution in [0.4, 0.5) is 17.6 Å². The number of hydrogen-bond donors (Lipinski definition) is 0. The maximum Gasteiger partial charge on any atom is 0.321 e. The Hall–Kier alpha value is 1.86. The van der Waals surface area contributed by atoms with Gasteiger partial charge in [0.1, 0.15) is 0 Å². The molecule has 0 aliphatic heterocycles. The third kappa shape index (κ3) is 6.15. The standard InChI is InChI=1S/C8H4F4I2.2HI/c9-7(10,13)5-1-2-6(4-3-5)8(11,12)14;;/h1-4H;2*1H/p-2. The van der Waals surface area contributed by atoms with E-state index in [4.69, 9.17) is 0 Å². The van der Waals surface area contributed by atoms with Gasteiger partial charge in [0.2, 0.25) is 0 Å². The van der Waals surface area contributed by atoms with Gasteiger partial charge in [-0.2, -0.15) is 17.6 Å². The molecular weight excluding hydrogens is 680 g/mol. The molecule has 1 aromatic rings. The van der Waals surface area contributed by atoms with Gasteiger partial charge >= 0.3 is 7.86 Å². The molecule has 0 aliphatic rings. The molecule has 0 N–H and O–H groups in total. The zero-order valence-electron chi connectivity index (χ0n) is 7.33. The maximum atomic E-state index is 12.7. The van der Waals surface area contributed by atoms with Crippen LogP contribution in [0.25, 0.3) is 0 Å². The highest BCUT2D eigenvalue weighted by molar-refractivity contribution is 14.1. The van der Waals surface area contributed by atoms with E-state index in [1.807, 2.05) is 0 Å². The van der Waals surface area contributed by atoms with Gasteiger partial charge < -0.3 is 48.0 Å². The largest absolute Gasteiger partial charge is 1.00 e. The molecule has 0 radical (unpaired) electrons. The van der Waals surface area contributed by atoms with Crippen LogP contribution in [0, 0.1) is 0 Å². The summed E-state index contributed by atoms with van der Waals surface area (Å²) in [5.74, 6) is 0. The lowest BCUT2D eigenvalue weighted by molar-refractivity contribution is -0.001000. The molecule has 0 saturated carbocycles. The fourth-order valence-corrected chi connectivity index (χ4v) is 1.57. The number of hydrogen-bond acceptors (Lipinski definition) is 0. The second-order valence-electron chi connectivity index (χ2n) is 2.57. The predicted molar refractivity (Wildman–Crippen MR) is 62.3 cm³/mol. The van der Waals surface area contributed by atoms with Crippen molar-refractivity contribution in [2.75, 3.05) is 0 Å². The van der Waals surface area contributed by atoms with Crippen LogP contribution in [0.5, 0.6) is 0 Å². The lowest BCUT2D eigenvalue weighted by atomic mass is 10.1. The normalized spacial score (nSPS) is 11.4. The van der Waals surface area contributed by atoms with Gasteiger partial charge in [0.15, 0.2) is 0 Å². The van der Waals surface area contributed by atoms with Gasteiger partial charge in [-0.1, -0.05) is 24.3 Å². The third-order valence-electron chi connectivity index (χ3n) is 1.54. The molecule has 0 atom stereocenters. The SMILES string of the molecule is FC(F)(I)c1ccc(C(F)(F)I)cc1.[I-].[I-]. The van der Waals surface area contributed by atoms with Crippen LogP contribution in [0.3, 0.4) is 0 Å². The van der Waals surface area contributed by atoms with E-state index >= 15 is 0 Å². The topological polar surface area (TPSA) is 0 Å². The van der Waals surface area contributed by atoms with E-state index in [2.05, 4.69) is 0 Å². The zero-order valence-corrected chi connectivity index (χ0v) is 16.0. The summed E-state index contributed by atoms with van der Waals surface area (Å²) >= 11 is 1.90. The third-order valence-corrected chi connectivity index (χ3v) is 2.79. The van der Waals surface area contributed by atoms with E-state index in [9.17, 15) is 17.6 Å². The van der Waals surface area contributed by atoms with Crippen LogP contribution < -0.4 is 48.0 Å². The van der Waals surface area contributed by atoms with Crippen molar-refractivity contribution in [3.8, 4) is 0 Å². The summed E-state index contributed by atoms with van der Waals surface area (Å²) in [7, 11) is 0. The first-order chi connectivity index (χ1) is 6.21. The van der Waals surface area contributed by atoms with Crippen molar-refractivity contribution >= 4 is 45.2 Å². The molecule has 0 amide bonds. The molecule has 1 aromatic carbocycles. The van der Waals surface area contributed by atoms with E-state index in [0.29, 0.717) is 0 Å². The molecule has 0 aliphatic carbocycles. The monoisotopic (exact) mass is 684 g/mol. The molecule has 8 heteroatoms. The highest BCUT2D eigenvalue weighted by atomic mass is 127. The van der Waals surface area contributed by atoms with Crippen molar-refractivity contribution in [2.24, 2.45) is 0 Å². The molecule has 0 saturated heterocycles. The first-order valence-corrected chi connectivity index (χ1v) is 5.61. The molecule has 16 heavy (non-hydrogen) atoms. The molecule has 0 fully saturated rings. The van der Waals surface area contributed by atoms with Crippen LogP contribution in [0.15, 0.2) is 24.3 Å². The zero-order chi connectivity index (χ0) is 11.0. The first-order valence-electron chi connectivity index (χ1n) is 3.46. The van der Waals surface area contributed by atoms with Gasteiger partial charge in [-0.05, 0) is 0 Å². The van der Waals surface area contributed by atoms with Crippen molar-refractivity contribution in [1.82, 2.24) is 0 Å². The lowest BCUT2D eigenvalue weighted by Gasteiger charge is -2.11. The predicted octanol–water partition coefficient (Wildman–Crippen LogP) is -1.34. The summed E-state index contributed by atoms with van der Waals surface area (Å²) in [6.45, 7) is 0. The molecular formula is C8H4F4I4-2. The average molecular weight is 684 g/mol. The van der Waals surface area contributed by atoms with E-state index in [-0.39, 0.29) is 59.1 Å². The molecule has 0 heterocycles. The van der Waals surface area contributed by atoms with Crippen LogP contribution in [0.2, 0.25) is 0 Å². The van der Waals surface area contributed by atoms with Crippen LogP contribution in [0.1, 0.15) is 11.1 Å². The number of halogens is 8. The Morgan fingerprint density at radius 2 is 0.875 bits per heavy atom. The maximum absolute atomic E-state index is 12.7. The van der Waals surface area contributed by atoms with Crippen molar-refractivity contribution in [1.29, 1.82) is 0 Å². The van der Waals surface area contributed by atoms with E-state index in [1.165, 1.54) is 0 Å². The molecule has 0 unspecified atom stereocenters. The Balaban J connectivity index is 0. The van der Waals surface area contributed by atoms with Gasteiger partial charge in [-0.3, -0.25) is 0 Å². The quantitative estimate of drug-likeness (QED) is 0.206. The summed E-state index contributed by atoms with van der Waals surface area (Å²) in [5.41, 5.74) is -0.551. The Labute approximate surface area is 152 Å². The summed E-state index contributed by atoms with van der Waals surface area (Å²) in [4.78, 5) is 0. The Kier molecular flexibility index (Phi) is 9.40. The minimum Gasteiger partial charge on any atom is -1.00 e. The second kappa shape index (κ2) is 7.45. The molecule has 0 bridgehead atoms. The van der Waals surface area contributed by atoms with Crippen molar-refractivity contribution in [3.05, 3.63) is 35.4 Å². The van der Waals surface area contributed by atoms with E-state index < -0.39 is 7.86 Å². The van der Waals surface area contributed by atoms with Gasteiger partial charge in [0, 0.05) is 56.3 Å². The van der Waals surface area contributed by atoms with Gasteiger partial charge in [0.05, 0.1) is 0 Å². The molecule has 0 aromatic heterocycles. The summed E-state index contributed by atoms with van der Waals surface area (Å²) < 4.78 is 44.7. The van der Waals surface area contributed by atoms with Crippen LogP contribution in [-0.4, -0.2) is 0 Å². The average Bonchev–Trinajstić information content (AvgIpc) is 2.01.